The SMILES string of the molecule is CCCC(=O)c1c(Sn2cc3nc4ccccc4c-3nn2)ccc2c1Nc1ccccc1S2. The molecule has 0 atom stereocenters. The van der Waals surface area contributed by atoms with E-state index in [1.54, 1.807) is 15.8 Å². The van der Waals surface area contributed by atoms with Gasteiger partial charge in [-0.05, 0) is 36.8 Å². The molecule has 1 N–H and O–H groups in total. The average Bonchev–Trinajstić information content (AvgIpc) is 3.20. The van der Waals surface area contributed by atoms with E-state index in [2.05, 4.69) is 32.7 Å². The van der Waals surface area contributed by atoms with E-state index in [4.69, 9.17) is 0 Å². The molecule has 3 heterocycles. The molecule has 0 radical (unpaired) electrons. The van der Waals surface area contributed by atoms with Gasteiger partial charge in [0.15, 0.2) is 5.78 Å². The van der Waals surface area contributed by atoms with Crippen LogP contribution < -0.4 is 5.32 Å². The highest BCUT2D eigenvalue weighted by Crippen LogP contribution is 2.48. The molecule has 33 heavy (non-hydrogen) atoms. The Bertz CT molecular complexity index is 1500. The third-order valence-electron chi connectivity index (χ3n) is 5.55. The molecule has 3 aromatic carbocycles. The number of anilines is 2. The number of fused-ring (bicyclic) bond motifs is 5. The Morgan fingerprint density at radius 1 is 1.06 bits per heavy atom. The van der Waals surface area contributed by atoms with E-state index in [0.29, 0.717) is 12.0 Å². The molecule has 6 rings (SSSR count). The Morgan fingerprint density at radius 2 is 1.91 bits per heavy atom. The summed E-state index contributed by atoms with van der Waals surface area (Å²) in [4.78, 5) is 21.0. The van der Waals surface area contributed by atoms with E-state index in [9.17, 15) is 4.79 Å². The summed E-state index contributed by atoms with van der Waals surface area (Å²) in [6, 6.07) is 20.1. The number of hydrogen-bond acceptors (Lipinski definition) is 7. The van der Waals surface area contributed by atoms with Gasteiger partial charge in [-0.1, -0.05) is 54.2 Å². The summed E-state index contributed by atoms with van der Waals surface area (Å²) in [5.41, 5.74) is 5.05. The Morgan fingerprint density at radius 3 is 2.82 bits per heavy atom. The molecule has 3 aliphatic rings. The van der Waals surface area contributed by atoms with Crippen LogP contribution in [0.5, 0.6) is 0 Å². The van der Waals surface area contributed by atoms with Gasteiger partial charge in [-0.2, -0.15) is 4.09 Å². The van der Waals surface area contributed by atoms with Gasteiger partial charge in [-0.15, -0.1) is 5.10 Å². The molecule has 162 valence electrons. The summed E-state index contributed by atoms with van der Waals surface area (Å²) in [5, 5.41) is 13.3. The van der Waals surface area contributed by atoms with Crippen LogP contribution in [0.4, 0.5) is 11.4 Å². The zero-order valence-electron chi connectivity index (χ0n) is 17.8. The smallest absolute Gasteiger partial charge is 0.166 e. The first-order valence-electron chi connectivity index (χ1n) is 10.7. The Hall–Kier alpha value is -3.36. The summed E-state index contributed by atoms with van der Waals surface area (Å²) >= 11 is 3.06. The molecular weight excluding hydrogens is 450 g/mol. The topological polar surface area (TPSA) is 72.7 Å². The number of para-hydroxylation sites is 2. The van der Waals surface area contributed by atoms with Crippen LogP contribution in [-0.4, -0.2) is 25.2 Å². The van der Waals surface area contributed by atoms with Gasteiger partial charge in [-0.25, -0.2) is 4.98 Å². The molecule has 8 heteroatoms. The highest BCUT2D eigenvalue weighted by atomic mass is 32.2. The largest absolute Gasteiger partial charge is 0.353 e. The van der Waals surface area contributed by atoms with Gasteiger partial charge in [0.2, 0.25) is 0 Å². The van der Waals surface area contributed by atoms with Crippen LogP contribution >= 0.6 is 23.7 Å². The van der Waals surface area contributed by atoms with Crippen molar-refractivity contribution in [1.29, 1.82) is 0 Å². The maximum atomic E-state index is 13.2. The van der Waals surface area contributed by atoms with Crippen molar-refractivity contribution in [2.45, 2.75) is 34.5 Å². The van der Waals surface area contributed by atoms with E-state index in [1.807, 2.05) is 61.7 Å². The van der Waals surface area contributed by atoms with E-state index >= 15 is 0 Å². The summed E-state index contributed by atoms with van der Waals surface area (Å²) in [5.74, 6) is 0.121. The molecular formula is C25H19N5OS2. The highest BCUT2D eigenvalue weighted by Gasteiger charge is 2.25. The number of carbonyl (C=O) groups is 1. The van der Waals surface area contributed by atoms with Gasteiger partial charge in [0, 0.05) is 38.4 Å². The molecule has 0 bridgehead atoms. The molecule has 3 aromatic rings. The van der Waals surface area contributed by atoms with Gasteiger partial charge < -0.3 is 5.32 Å². The van der Waals surface area contributed by atoms with Crippen molar-refractivity contribution in [1.82, 2.24) is 19.4 Å². The van der Waals surface area contributed by atoms with E-state index in [0.717, 1.165) is 54.8 Å². The fourth-order valence-electron chi connectivity index (χ4n) is 4.04. The third-order valence-corrected chi connectivity index (χ3v) is 7.59. The number of rotatable bonds is 5. The first-order chi connectivity index (χ1) is 16.2. The van der Waals surface area contributed by atoms with Crippen LogP contribution in [-0.2, 0) is 0 Å². The minimum absolute atomic E-state index is 0.121. The Labute approximate surface area is 199 Å². The summed E-state index contributed by atoms with van der Waals surface area (Å²) in [6.07, 6.45) is 3.15. The van der Waals surface area contributed by atoms with Crippen LogP contribution in [0.25, 0.3) is 22.3 Å². The lowest BCUT2D eigenvalue weighted by atomic mass is 10.0. The van der Waals surface area contributed by atoms with Gasteiger partial charge in [0.05, 0.1) is 28.7 Å². The molecule has 0 aromatic heterocycles. The fourth-order valence-corrected chi connectivity index (χ4v) is 5.91. The Kier molecular flexibility index (Phi) is 5.04. The van der Waals surface area contributed by atoms with Crippen molar-refractivity contribution in [3.05, 3.63) is 72.4 Å². The number of Topliss-reactive ketones (excluding diaryl/α,β-unsaturated/α-hetero) is 1. The van der Waals surface area contributed by atoms with Crippen molar-refractivity contribution in [2.75, 3.05) is 5.32 Å². The number of ketones is 1. The lowest BCUT2D eigenvalue weighted by molar-refractivity contribution is 0.0979. The summed E-state index contributed by atoms with van der Waals surface area (Å²) in [7, 11) is 0. The van der Waals surface area contributed by atoms with E-state index < -0.39 is 0 Å². The average molecular weight is 470 g/mol. The fraction of sp³-hybridized carbons (Fsp3) is 0.120. The second-order valence-corrected chi connectivity index (χ2v) is 9.86. The molecule has 0 aliphatic carbocycles. The minimum atomic E-state index is 0.121. The molecule has 0 saturated heterocycles. The lowest BCUT2D eigenvalue weighted by Crippen LogP contribution is -2.10. The number of carbonyl (C=O) groups excluding carboxylic acids is 1. The third kappa shape index (κ3) is 3.55. The standard InChI is InChI=1S/C25H19N5OS2/c1-2-7-19(31)23-21(12-13-22-25(23)27-17-10-5-6-11-20(17)32-22)33-30-14-18-24(28-29-30)15-8-3-4-9-16(15)26-18/h3-6,8-14,27H,2,7H2,1H3. The van der Waals surface area contributed by atoms with Crippen LogP contribution in [0.2, 0.25) is 0 Å². The predicted molar refractivity (Wildman–Crippen MR) is 133 cm³/mol. The van der Waals surface area contributed by atoms with E-state index in [1.165, 1.54) is 11.9 Å². The summed E-state index contributed by atoms with van der Waals surface area (Å²) in [6.45, 7) is 2.03. The lowest BCUT2D eigenvalue weighted by Gasteiger charge is -2.24. The molecule has 0 saturated carbocycles. The van der Waals surface area contributed by atoms with Gasteiger partial charge >= 0.3 is 0 Å². The molecule has 6 nitrogen and oxygen atoms in total. The van der Waals surface area contributed by atoms with Crippen molar-refractivity contribution in [3.8, 4) is 11.4 Å². The number of nitrogens with zero attached hydrogens (tertiary/aromatic N) is 4. The van der Waals surface area contributed by atoms with Crippen molar-refractivity contribution in [2.24, 2.45) is 0 Å². The number of aromatic nitrogens is 4. The second-order valence-electron chi connectivity index (χ2n) is 7.78. The number of hydrogen-bond donors (Lipinski definition) is 1. The van der Waals surface area contributed by atoms with Crippen LogP contribution in [0.1, 0.15) is 30.1 Å². The second kappa shape index (κ2) is 8.20. The molecule has 3 aliphatic heterocycles. The van der Waals surface area contributed by atoms with Crippen LogP contribution in [0.15, 0.2) is 81.5 Å². The number of benzene rings is 3. The quantitative estimate of drug-likeness (QED) is 0.282. The van der Waals surface area contributed by atoms with Gasteiger partial charge in [0.1, 0.15) is 11.4 Å². The normalized spacial score (nSPS) is 12.4. The van der Waals surface area contributed by atoms with Crippen LogP contribution in [0.3, 0.4) is 0 Å². The first-order valence-corrected chi connectivity index (χ1v) is 12.3. The first kappa shape index (κ1) is 20.3. The van der Waals surface area contributed by atoms with Gasteiger partial charge in [0.25, 0.3) is 0 Å². The van der Waals surface area contributed by atoms with Crippen molar-refractivity contribution < 1.29 is 4.79 Å². The molecule has 0 unspecified atom stereocenters. The minimum Gasteiger partial charge on any atom is -0.353 e. The highest BCUT2D eigenvalue weighted by molar-refractivity contribution is 7.99. The van der Waals surface area contributed by atoms with E-state index in [-0.39, 0.29) is 5.78 Å². The zero-order valence-corrected chi connectivity index (χ0v) is 19.4. The Balaban J connectivity index is 1.43. The van der Waals surface area contributed by atoms with Crippen molar-refractivity contribution in [3.63, 3.8) is 0 Å². The van der Waals surface area contributed by atoms with Gasteiger partial charge in [-0.3, -0.25) is 4.79 Å². The number of nitrogens with one attached hydrogen (secondary N) is 1. The zero-order chi connectivity index (χ0) is 22.4. The van der Waals surface area contributed by atoms with Crippen LogP contribution in [0, 0.1) is 0 Å². The maximum absolute atomic E-state index is 13.2. The molecule has 0 amide bonds. The van der Waals surface area contributed by atoms with Crippen molar-refractivity contribution >= 4 is 51.8 Å². The maximum Gasteiger partial charge on any atom is 0.166 e. The molecule has 0 fully saturated rings. The molecule has 0 spiro atoms. The summed E-state index contributed by atoms with van der Waals surface area (Å²) < 4.78 is 1.68. The monoisotopic (exact) mass is 469 g/mol. The predicted octanol–water partition coefficient (Wildman–Crippen LogP) is 6.68.